The lowest BCUT2D eigenvalue weighted by atomic mass is 10.2. The molecule has 1 aromatic rings. The van der Waals surface area contributed by atoms with E-state index in [-0.39, 0.29) is 11.7 Å². The van der Waals surface area contributed by atoms with Crippen LogP contribution in [-0.2, 0) is 4.79 Å². The number of nitrogens with zero attached hydrogens (tertiary/aromatic N) is 2. The third kappa shape index (κ3) is 4.44. The summed E-state index contributed by atoms with van der Waals surface area (Å²) in [6.07, 6.45) is 3.68. The van der Waals surface area contributed by atoms with Gasteiger partial charge in [0.05, 0.1) is 19.9 Å². The summed E-state index contributed by atoms with van der Waals surface area (Å²) in [5, 5.41) is 13.8. The summed E-state index contributed by atoms with van der Waals surface area (Å²) in [4.78, 5) is 13.8. The molecule has 1 aliphatic heterocycles. The van der Waals surface area contributed by atoms with Crippen molar-refractivity contribution >= 4 is 28.1 Å². The summed E-state index contributed by atoms with van der Waals surface area (Å²) in [7, 11) is 1.47. The van der Waals surface area contributed by atoms with Gasteiger partial charge in [0.15, 0.2) is 11.5 Å². The molecule has 0 saturated carbocycles. The number of hydrazone groups is 1. The number of phenols is 1. The minimum Gasteiger partial charge on any atom is -0.504 e. The molecule has 0 atom stereocenters. The molecule has 0 aliphatic carbocycles. The maximum Gasteiger partial charge on any atom is 0.254 e. The standard InChI is InChI=1S/C14H18BrN3O3/c1-21-12-7-11(15)6-10(14(12)20)8-16-17-13(19)9-18-4-2-3-5-18/h6-8,20H,2-5,9H2,1H3,(H,17,19)/b16-8+. The van der Waals surface area contributed by atoms with Gasteiger partial charge in [-0.1, -0.05) is 15.9 Å². The van der Waals surface area contributed by atoms with Gasteiger partial charge >= 0.3 is 0 Å². The predicted octanol–water partition coefficient (Wildman–Crippen LogP) is 1.71. The van der Waals surface area contributed by atoms with Crippen molar-refractivity contribution < 1.29 is 14.6 Å². The fourth-order valence-corrected chi connectivity index (χ4v) is 2.66. The average molecular weight is 356 g/mol. The van der Waals surface area contributed by atoms with Gasteiger partial charge in [0, 0.05) is 10.0 Å². The third-order valence-corrected chi connectivity index (χ3v) is 3.71. The number of hydrogen-bond acceptors (Lipinski definition) is 5. The van der Waals surface area contributed by atoms with Crippen LogP contribution in [0.4, 0.5) is 0 Å². The number of carbonyl (C=O) groups is 1. The Morgan fingerprint density at radius 1 is 1.52 bits per heavy atom. The zero-order chi connectivity index (χ0) is 15.2. The number of hydrogen-bond donors (Lipinski definition) is 2. The van der Waals surface area contributed by atoms with Crippen LogP contribution in [0.1, 0.15) is 18.4 Å². The summed E-state index contributed by atoms with van der Waals surface area (Å²) in [6, 6.07) is 3.34. The summed E-state index contributed by atoms with van der Waals surface area (Å²) in [6.45, 7) is 2.27. The van der Waals surface area contributed by atoms with Crippen LogP contribution in [-0.4, -0.2) is 48.9 Å². The van der Waals surface area contributed by atoms with E-state index in [0.717, 1.165) is 30.4 Å². The van der Waals surface area contributed by atoms with E-state index in [1.807, 2.05) is 0 Å². The van der Waals surface area contributed by atoms with Gasteiger partial charge < -0.3 is 9.84 Å². The van der Waals surface area contributed by atoms with E-state index in [2.05, 4.69) is 31.4 Å². The molecule has 2 rings (SSSR count). The van der Waals surface area contributed by atoms with E-state index < -0.39 is 0 Å². The molecule has 0 spiro atoms. The zero-order valence-electron chi connectivity index (χ0n) is 11.8. The van der Waals surface area contributed by atoms with Gasteiger partial charge in [0.25, 0.3) is 5.91 Å². The molecule has 1 amide bonds. The fraction of sp³-hybridized carbons (Fsp3) is 0.429. The van der Waals surface area contributed by atoms with Gasteiger partial charge in [-0.3, -0.25) is 9.69 Å². The molecule has 1 aliphatic rings. The molecule has 0 bridgehead atoms. The van der Waals surface area contributed by atoms with E-state index in [9.17, 15) is 9.90 Å². The molecule has 0 aromatic heterocycles. The van der Waals surface area contributed by atoms with Crippen LogP contribution in [0.5, 0.6) is 11.5 Å². The van der Waals surface area contributed by atoms with Crippen molar-refractivity contribution in [3.63, 3.8) is 0 Å². The highest BCUT2D eigenvalue weighted by atomic mass is 79.9. The molecular weight excluding hydrogens is 338 g/mol. The van der Waals surface area contributed by atoms with E-state index >= 15 is 0 Å². The normalized spacial score (nSPS) is 15.5. The number of likely N-dealkylation sites (tertiary alicyclic amines) is 1. The monoisotopic (exact) mass is 355 g/mol. The number of aromatic hydroxyl groups is 1. The molecule has 1 fully saturated rings. The van der Waals surface area contributed by atoms with Crippen molar-refractivity contribution in [3.05, 3.63) is 22.2 Å². The molecule has 1 saturated heterocycles. The van der Waals surface area contributed by atoms with Crippen molar-refractivity contribution in [2.24, 2.45) is 5.10 Å². The van der Waals surface area contributed by atoms with Crippen LogP contribution in [0.2, 0.25) is 0 Å². The number of ether oxygens (including phenoxy) is 1. The van der Waals surface area contributed by atoms with Crippen LogP contribution in [0.15, 0.2) is 21.7 Å². The number of phenolic OH excluding ortho intramolecular Hbond substituents is 1. The van der Waals surface area contributed by atoms with E-state index in [0.29, 0.717) is 17.9 Å². The Bertz CT molecular complexity index is 543. The number of carbonyl (C=O) groups excluding carboxylic acids is 1. The molecule has 0 unspecified atom stereocenters. The maximum atomic E-state index is 11.7. The van der Waals surface area contributed by atoms with Gasteiger partial charge in [-0.05, 0) is 38.1 Å². The lowest BCUT2D eigenvalue weighted by Gasteiger charge is -2.12. The highest BCUT2D eigenvalue weighted by Gasteiger charge is 2.14. The van der Waals surface area contributed by atoms with Crippen molar-refractivity contribution in [3.8, 4) is 11.5 Å². The highest BCUT2D eigenvalue weighted by Crippen LogP contribution is 2.32. The van der Waals surface area contributed by atoms with E-state index in [4.69, 9.17) is 4.74 Å². The van der Waals surface area contributed by atoms with Crippen molar-refractivity contribution in [1.29, 1.82) is 0 Å². The van der Waals surface area contributed by atoms with Crippen LogP contribution in [0.3, 0.4) is 0 Å². The quantitative estimate of drug-likeness (QED) is 0.622. The van der Waals surface area contributed by atoms with Crippen LogP contribution in [0, 0.1) is 0 Å². The SMILES string of the molecule is COc1cc(Br)cc(/C=N/NC(=O)CN2CCCC2)c1O. The third-order valence-electron chi connectivity index (χ3n) is 3.25. The average Bonchev–Trinajstić information content (AvgIpc) is 2.95. The van der Waals surface area contributed by atoms with Crippen LogP contribution in [0.25, 0.3) is 0 Å². The predicted molar refractivity (Wildman–Crippen MR) is 83.8 cm³/mol. The first-order chi connectivity index (χ1) is 10.1. The summed E-state index contributed by atoms with van der Waals surface area (Å²) < 4.78 is 5.80. The van der Waals surface area contributed by atoms with Gasteiger partial charge in [0.2, 0.25) is 0 Å². The van der Waals surface area contributed by atoms with E-state index in [1.54, 1.807) is 12.1 Å². The second-order valence-electron chi connectivity index (χ2n) is 4.82. The first-order valence-corrected chi connectivity index (χ1v) is 7.50. The largest absolute Gasteiger partial charge is 0.504 e. The minimum atomic E-state index is -0.158. The molecular formula is C14H18BrN3O3. The smallest absolute Gasteiger partial charge is 0.254 e. The van der Waals surface area contributed by atoms with Gasteiger partial charge in [0.1, 0.15) is 0 Å². The first-order valence-electron chi connectivity index (χ1n) is 6.71. The molecule has 21 heavy (non-hydrogen) atoms. The van der Waals surface area contributed by atoms with Gasteiger partial charge in [-0.2, -0.15) is 5.10 Å². The Kier molecular flexibility index (Phi) is 5.58. The van der Waals surface area contributed by atoms with Crippen LogP contribution >= 0.6 is 15.9 Å². The number of nitrogens with one attached hydrogen (secondary N) is 1. The maximum absolute atomic E-state index is 11.7. The number of benzene rings is 1. The second kappa shape index (κ2) is 7.42. The summed E-state index contributed by atoms with van der Waals surface area (Å²) >= 11 is 3.32. The fourth-order valence-electron chi connectivity index (χ4n) is 2.20. The molecule has 7 heteroatoms. The summed E-state index contributed by atoms with van der Waals surface area (Å²) in [5.41, 5.74) is 2.92. The lowest BCUT2D eigenvalue weighted by molar-refractivity contribution is -0.121. The molecule has 1 heterocycles. The minimum absolute atomic E-state index is 0.0155. The Balaban J connectivity index is 1.94. The van der Waals surface area contributed by atoms with Crippen LogP contribution < -0.4 is 10.2 Å². The van der Waals surface area contributed by atoms with Gasteiger partial charge in [-0.15, -0.1) is 0 Å². The topological polar surface area (TPSA) is 74.2 Å². The number of methoxy groups -OCH3 is 1. The molecule has 6 nitrogen and oxygen atoms in total. The Labute approximate surface area is 131 Å². The molecule has 1 aromatic carbocycles. The van der Waals surface area contributed by atoms with Crippen molar-refractivity contribution in [1.82, 2.24) is 10.3 Å². The molecule has 2 N–H and O–H groups in total. The summed E-state index contributed by atoms with van der Waals surface area (Å²) in [5.74, 6) is 0.169. The highest BCUT2D eigenvalue weighted by molar-refractivity contribution is 9.10. The Morgan fingerprint density at radius 3 is 2.90 bits per heavy atom. The molecule has 0 radical (unpaired) electrons. The zero-order valence-corrected chi connectivity index (χ0v) is 13.4. The van der Waals surface area contributed by atoms with Gasteiger partial charge in [-0.25, -0.2) is 5.43 Å². The van der Waals surface area contributed by atoms with E-state index in [1.165, 1.54) is 13.3 Å². The number of amides is 1. The van der Waals surface area contributed by atoms with Crippen molar-refractivity contribution in [2.45, 2.75) is 12.8 Å². The Hall–Kier alpha value is -1.60. The number of rotatable bonds is 5. The molecule has 114 valence electrons. The first kappa shape index (κ1) is 15.8. The lowest BCUT2D eigenvalue weighted by Crippen LogP contribution is -2.33. The van der Waals surface area contributed by atoms with Crippen molar-refractivity contribution in [2.75, 3.05) is 26.7 Å². The number of halogens is 1. The Morgan fingerprint density at radius 2 is 2.24 bits per heavy atom. The second-order valence-corrected chi connectivity index (χ2v) is 5.74.